The molecule has 0 unspecified atom stereocenters. The maximum absolute atomic E-state index is 11.7. The Morgan fingerprint density at radius 2 is 2.10 bits per heavy atom. The number of carbonyl (C=O) groups is 1. The molecule has 0 aliphatic carbocycles. The summed E-state index contributed by atoms with van der Waals surface area (Å²) in [5.74, 6) is 0.140. The van der Waals surface area contributed by atoms with E-state index in [0.717, 1.165) is 0 Å². The summed E-state index contributed by atoms with van der Waals surface area (Å²) in [6.07, 6.45) is 1.45. The number of nitrogens with zero attached hydrogens (tertiary/aromatic N) is 1. The van der Waals surface area contributed by atoms with Gasteiger partial charge in [0.2, 0.25) is 0 Å². The van der Waals surface area contributed by atoms with E-state index in [0.29, 0.717) is 22.2 Å². The number of anilines is 1. The van der Waals surface area contributed by atoms with Crippen molar-refractivity contribution in [2.75, 3.05) is 11.9 Å². The van der Waals surface area contributed by atoms with Crippen molar-refractivity contribution < 1.29 is 14.6 Å². The topological polar surface area (TPSA) is 71.5 Å². The summed E-state index contributed by atoms with van der Waals surface area (Å²) in [4.78, 5) is 15.7. The molecule has 1 aromatic carbocycles. The first kappa shape index (κ1) is 14.3. The van der Waals surface area contributed by atoms with Crippen LogP contribution in [-0.2, 0) is 11.4 Å². The number of hydrogen-bond acceptors (Lipinski definition) is 4. The van der Waals surface area contributed by atoms with Crippen LogP contribution in [0, 0.1) is 0 Å². The Morgan fingerprint density at radius 3 is 2.75 bits per heavy atom. The number of carbonyl (C=O) groups excluding carboxylic acids is 1. The van der Waals surface area contributed by atoms with Crippen LogP contribution in [0.25, 0.3) is 0 Å². The van der Waals surface area contributed by atoms with Crippen LogP contribution in [-0.4, -0.2) is 22.6 Å². The van der Waals surface area contributed by atoms with Crippen LogP contribution in [0.5, 0.6) is 5.75 Å². The first-order chi connectivity index (χ1) is 9.69. The van der Waals surface area contributed by atoms with E-state index in [1.165, 1.54) is 6.20 Å². The number of aliphatic hydroxyl groups excluding tert-OH is 1. The second kappa shape index (κ2) is 6.88. The number of para-hydroxylation sites is 1. The van der Waals surface area contributed by atoms with Gasteiger partial charge in [0.15, 0.2) is 6.61 Å². The van der Waals surface area contributed by atoms with Gasteiger partial charge in [-0.25, -0.2) is 0 Å². The van der Waals surface area contributed by atoms with E-state index in [-0.39, 0.29) is 19.1 Å². The van der Waals surface area contributed by atoms with Crippen LogP contribution in [0.4, 0.5) is 5.69 Å². The fraction of sp³-hybridized carbons (Fsp3) is 0.143. The third-order valence-corrected chi connectivity index (χ3v) is 2.81. The van der Waals surface area contributed by atoms with Crippen molar-refractivity contribution in [2.24, 2.45) is 0 Å². The summed E-state index contributed by atoms with van der Waals surface area (Å²) >= 11 is 5.93. The SMILES string of the molecule is O=C(COc1ccc(CO)nc1)Nc1ccccc1Cl. The molecule has 0 radical (unpaired) electrons. The van der Waals surface area contributed by atoms with Crippen molar-refractivity contribution in [3.05, 3.63) is 53.3 Å². The number of ether oxygens (including phenoxy) is 1. The number of benzene rings is 1. The van der Waals surface area contributed by atoms with Crippen LogP contribution in [0.3, 0.4) is 0 Å². The van der Waals surface area contributed by atoms with Gasteiger partial charge in [-0.1, -0.05) is 23.7 Å². The molecule has 0 saturated carbocycles. The molecule has 5 nitrogen and oxygen atoms in total. The molecule has 1 aromatic heterocycles. The van der Waals surface area contributed by atoms with Gasteiger partial charge < -0.3 is 15.2 Å². The van der Waals surface area contributed by atoms with Gasteiger partial charge in [-0.3, -0.25) is 9.78 Å². The molecule has 1 amide bonds. The van der Waals surface area contributed by atoms with Crippen LogP contribution in [0.15, 0.2) is 42.6 Å². The fourth-order valence-electron chi connectivity index (χ4n) is 1.49. The quantitative estimate of drug-likeness (QED) is 0.886. The zero-order valence-corrected chi connectivity index (χ0v) is 11.3. The summed E-state index contributed by atoms with van der Waals surface area (Å²) in [5, 5.41) is 12.0. The number of halogens is 1. The second-order valence-electron chi connectivity index (χ2n) is 3.96. The lowest BCUT2D eigenvalue weighted by molar-refractivity contribution is -0.118. The van der Waals surface area contributed by atoms with E-state index in [1.54, 1.807) is 36.4 Å². The van der Waals surface area contributed by atoms with Gasteiger partial charge in [0.25, 0.3) is 5.91 Å². The van der Waals surface area contributed by atoms with E-state index < -0.39 is 0 Å². The van der Waals surface area contributed by atoms with Crippen molar-refractivity contribution in [3.8, 4) is 5.75 Å². The molecule has 6 heteroatoms. The molecule has 0 atom stereocenters. The van der Waals surface area contributed by atoms with E-state index in [4.69, 9.17) is 21.4 Å². The number of hydrogen-bond donors (Lipinski definition) is 2. The Bertz CT molecular complexity index is 587. The third-order valence-electron chi connectivity index (χ3n) is 2.48. The normalized spacial score (nSPS) is 10.1. The predicted octanol–water partition coefficient (Wildman–Crippen LogP) is 2.24. The van der Waals surface area contributed by atoms with Gasteiger partial charge in [0.1, 0.15) is 5.75 Å². The smallest absolute Gasteiger partial charge is 0.262 e. The number of amides is 1. The Labute approximate surface area is 121 Å². The molecule has 20 heavy (non-hydrogen) atoms. The Hall–Kier alpha value is -2.11. The van der Waals surface area contributed by atoms with Crippen molar-refractivity contribution in [2.45, 2.75) is 6.61 Å². The molecule has 0 aliphatic heterocycles. The summed E-state index contributed by atoms with van der Waals surface area (Å²) in [7, 11) is 0. The van der Waals surface area contributed by atoms with Crippen molar-refractivity contribution in [1.29, 1.82) is 0 Å². The summed E-state index contributed by atoms with van der Waals surface area (Å²) in [5.41, 5.74) is 1.08. The highest BCUT2D eigenvalue weighted by Gasteiger charge is 2.06. The van der Waals surface area contributed by atoms with Crippen molar-refractivity contribution >= 4 is 23.2 Å². The largest absolute Gasteiger partial charge is 0.482 e. The molecule has 0 aliphatic rings. The molecule has 0 fully saturated rings. The average Bonchev–Trinajstić information content (AvgIpc) is 2.48. The highest BCUT2D eigenvalue weighted by atomic mass is 35.5. The van der Waals surface area contributed by atoms with Gasteiger partial charge >= 0.3 is 0 Å². The second-order valence-corrected chi connectivity index (χ2v) is 4.37. The van der Waals surface area contributed by atoms with E-state index in [2.05, 4.69) is 10.3 Å². The molecular formula is C14H13ClN2O3. The van der Waals surface area contributed by atoms with E-state index >= 15 is 0 Å². The highest BCUT2D eigenvalue weighted by molar-refractivity contribution is 6.33. The highest BCUT2D eigenvalue weighted by Crippen LogP contribution is 2.20. The van der Waals surface area contributed by atoms with Gasteiger partial charge in [-0.15, -0.1) is 0 Å². The maximum atomic E-state index is 11.7. The van der Waals surface area contributed by atoms with Gasteiger partial charge in [-0.2, -0.15) is 0 Å². The molecule has 0 saturated heterocycles. The van der Waals surface area contributed by atoms with Gasteiger partial charge in [0, 0.05) is 0 Å². The minimum absolute atomic E-state index is 0.132. The molecule has 2 aromatic rings. The monoisotopic (exact) mass is 292 g/mol. The lowest BCUT2D eigenvalue weighted by Crippen LogP contribution is -2.20. The summed E-state index contributed by atoms with van der Waals surface area (Å²) in [6.45, 7) is -0.279. The van der Waals surface area contributed by atoms with Crippen LogP contribution in [0.1, 0.15) is 5.69 Å². The van der Waals surface area contributed by atoms with Gasteiger partial charge in [-0.05, 0) is 24.3 Å². The maximum Gasteiger partial charge on any atom is 0.262 e. The first-order valence-electron chi connectivity index (χ1n) is 5.92. The number of nitrogens with one attached hydrogen (secondary N) is 1. The first-order valence-corrected chi connectivity index (χ1v) is 6.30. The minimum atomic E-state index is -0.315. The molecule has 0 spiro atoms. The molecule has 2 rings (SSSR count). The number of aromatic nitrogens is 1. The Morgan fingerprint density at radius 1 is 1.30 bits per heavy atom. The third kappa shape index (κ3) is 3.94. The number of rotatable bonds is 5. The van der Waals surface area contributed by atoms with Crippen molar-refractivity contribution in [3.63, 3.8) is 0 Å². The van der Waals surface area contributed by atoms with Gasteiger partial charge in [0.05, 0.1) is 29.2 Å². The lowest BCUT2D eigenvalue weighted by Gasteiger charge is -2.08. The van der Waals surface area contributed by atoms with Crippen LogP contribution >= 0.6 is 11.6 Å². The van der Waals surface area contributed by atoms with E-state index in [9.17, 15) is 4.79 Å². The fourth-order valence-corrected chi connectivity index (χ4v) is 1.67. The summed E-state index contributed by atoms with van der Waals surface area (Å²) < 4.78 is 5.28. The molecule has 104 valence electrons. The lowest BCUT2D eigenvalue weighted by atomic mass is 10.3. The van der Waals surface area contributed by atoms with Crippen molar-refractivity contribution in [1.82, 2.24) is 4.98 Å². The van der Waals surface area contributed by atoms with E-state index in [1.807, 2.05) is 0 Å². The zero-order valence-electron chi connectivity index (χ0n) is 10.5. The minimum Gasteiger partial charge on any atom is -0.482 e. The molecule has 2 N–H and O–H groups in total. The average molecular weight is 293 g/mol. The molecule has 1 heterocycles. The van der Waals surface area contributed by atoms with Crippen LogP contribution < -0.4 is 10.1 Å². The summed E-state index contributed by atoms with van der Waals surface area (Å²) in [6, 6.07) is 10.2. The van der Waals surface area contributed by atoms with Crippen LogP contribution in [0.2, 0.25) is 5.02 Å². The Balaban J connectivity index is 1.87. The molecule has 0 bridgehead atoms. The predicted molar refractivity (Wildman–Crippen MR) is 75.7 cm³/mol. The molecular weight excluding hydrogens is 280 g/mol. The number of aliphatic hydroxyl groups is 1. The zero-order chi connectivity index (χ0) is 14.4. The standard InChI is InChI=1S/C14H13ClN2O3/c15-12-3-1-2-4-13(12)17-14(19)9-20-11-6-5-10(8-18)16-7-11/h1-7,18H,8-9H2,(H,17,19). The Kier molecular flexibility index (Phi) is 4.92. The number of pyridine rings is 1.